The van der Waals surface area contributed by atoms with Crippen LogP contribution >= 0.6 is 0 Å². The van der Waals surface area contributed by atoms with E-state index < -0.39 is 0 Å². The van der Waals surface area contributed by atoms with Gasteiger partial charge in [-0.25, -0.2) is 0 Å². The van der Waals surface area contributed by atoms with Gasteiger partial charge in [0.25, 0.3) is 0 Å². The van der Waals surface area contributed by atoms with Crippen LogP contribution in [0.3, 0.4) is 0 Å². The number of aryl methyl sites for hydroxylation is 1. The molecule has 0 radical (unpaired) electrons. The molecule has 0 fully saturated rings. The van der Waals surface area contributed by atoms with E-state index in [9.17, 15) is 0 Å². The van der Waals surface area contributed by atoms with Gasteiger partial charge in [-0.05, 0) is 19.0 Å². The summed E-state index contributed by atoms with van der Waals surface area (Å²) >= 11 is 0. The maximum absolute atomic E-state index is 5.58. The topological polar surface area (TPSA) is 39.1 Å². The highest BCUT2D eigenvalue weighted by Crippen LogP contribution is 2.21. The van der Waals surface area contributed by atoms with E-state index in [1.807, 2.05) is 17.9 Å². The fourth-order valence-electron chi connectivity index (χ4n) is 2.04. The molecule has 4 heteroatoms. The van der Waals surface area contributed by atoms with Crippen molar-refractivity contribution in [2.45, 2.75) is 38.8 Å². The number of nitrogens with zero attached hydrogens (tertiary/aromatic N) is 2. The van der Waals surface area contributed by atoms with Gasteiger partial charge in [0.1, 0.15) is 0 Å². The third-order valence-corrected chi connectivity index (χ3v) is 2.85. The Bertz CT molecular complexity index is 298. The second-order valence-electron chi connectivity index (χ2n) is 3.98. The molecule has 1 heterocycles. The largest absolute Gasteiger partial charge is 0.379 e. The first-order valence-electron chi connectivity index (χ1n) is 5.98. The zero-order valence-corrected chi connectivity index (χ0v) is 10.7. The number of likely N-dealkylation sites (N-methyl/N-ethyl adjacent to an activating group) is 1. The van der Waals surface area contributed by atoms with Crippen LogP contribution in [0.15, 0.2) is 12.3 Å². The van der Waals surface area contributed by atoms with Crippen molar-refractivity contribution < 1.29 is 4.74 Å². The van der Waals surface area contributed by atoms with E-state index in [1.54, 1.807) is 7.11 Å². The molecule has 0 saturated carbocycles. The van der Waals surface area contributed by atoms with Crippen LogP contribution in [0.25, 0.3) is 0 Å². The van der Waals surface area contributed by atoms with Gasteiger partial charge in [-0.1, -0.05) is 20.3 Å². The predicted octanol–water partition coefficient (Wildman–Crippen LogP) is 1.89. The van der Waals surface area contributed by atoms with E-state index in [0.717, 1.165) is 19.4 Å². The summed E-state index contributed by atoms with van der Waals surface area (Å²) in [5.74, 6) is 0. The van der Waals surface area contributed by atoms with Crippen molar-refractivity contribution in [1.29, 1.82) is 0 Å². The number of nitrogens with one attached hydrogen (secondary N) is 1. The Morgan fingerprint density at radius 1 is 1.50 bits per heavy atom. The fourth-order valence-corrected chi connectivity index (χ4v) is 2.04. The molecule has 2 atom stereocenters. The predicted molar refractivity (Wildman–Crippen MR) is 65.3 cm³/mol. The lowest BCUT2D eigenvalue weighted by Crippen LogP contribution is -2.34. The zero-order valence-electron chi connectivity index (χ0n) is 10.7. The van der Waals surface area contributed by atoms with Crippen LogP contribution in [-0.4, -0.2) is 29.5 Å². The van der Waals surface area contributed by atoms with Crippen molar-refractivity contribution in [3.63, 3.8) is 0 Å². The first kappa shape index (κ1) is 13.2. The normalized spacial score (nSPS) is 15.0. The lowest BCUT2D eigenvalue weighted by molar-refractivity contribution is 0.0586. The molecule has 1 aromatic rings. The standard InChI is InChI=1S/C12H23N3O/c1-5-7-11(16-4)12(13-6-2)10-8-9-14-15(10)3/h8-9,11-13H,5-7H2,1-4H3. The highest BCUT2D eigenvalue weighted by molar-refractivity contribution is 5.09. The third-order valence-electron chi connectivity index (χ3n) is 2.85. The molecule has 0 aromatic carbocycles. The van der Waals surface area contributed by atoms with Crippen molar-refractivity contribution in [3.8, 4) is 0 Å². The first-order valence-corrected chi connectivity index (χ1v) is 5.98. The summed E-state index contributed by atoms with van der Waals surface area (Å²) in [5.41, 5.74) is 1.18. The van der Waals surface area contributed by atoms with E-state index in [-0.39, 0.29) is 12.1 Å². The molecular weight excluding hydrogens is 202 g/mol. The minimum absolute atomic E-state index is 0.209. The van der Waals surface area contributed by atoms with Crippen molar-refractivity contribution in [2.24, 2.45) is 7.05 Å². The minimum atomic E-state index is 0.209. The highest BCUT2D eigenvalue weighted by Gasteiger charge is 2.23. The average molecular weight is 225 g/mol. The maximum Gasteiger partial charge on any atom is 0.0781 e. The van der Waals surface area contributed by atoms with Gasteiger partial charge < -0.3 is 10.1 Å². The molecular formula is C12H23N3O. The SMILES string of the molecule is CCCC(OC)C(NCC)c1ccnn1C. The van der Waals surface area contributed by atoms with Crippen molar-refractivity contribution in [1.82, 2.24) is 15.1 Å². The van der Waals surface area contributed by atoms with Crippen molar-refractivity contribution in [2.75, 3.05) is 13.7 Å². The molecule has 0 aliphatic carbocycles. The average Bonchev–Trinajstić information content (AvgIpc) is 2.69. The Morgan fingerprint density at radius 2 is 2.25 bits per heavy atom. The first-order chi connectivity index (χ1) is 7.74. The summed E-state index contributed by atoms with van der Waals surface area (Å²) in [4.78, 5) is 0. The Balaban J connectivity index is 2.84. The van der Waals surface area contributed by atoms with E-state index in [4.69, 9.17) is 4.74 Å². The molecule has 92 valence electrons. The third kappa shape index (κ3) is 3.06. The van der Waals surface area contributed by atoms with Gasteiger partial charge in [-0.3, -0.25) is 4.68 Å². The summed E-state index contributed by atoms with van der Waals surface area (Å²) in [5, 5.41) is 7.69. The van der Waals surface area contributed by atoms with E-state index in [0.29, 0.717) is 0 Å². The minimum Gasteiger partial charge on any atom is -0.379 e. The van der Waals surface area contributed by atoms with Gasteiger partial charge in [-0.15, -0.1) is 0 Å². The van der Waals surface area contributed by atoms with Crippen LogP contribution in [0, 0.1) is 0 Å². The number of methoxy groups -OCH3 is 1. The van der Waals surface area contributed by atoms with E-state index in [2.05, 4.69) is 30.3 Å². The van der Waals surface area contributed by atoms with Crippen LogP contribution in [0.4, 0.5) is 0 Å². The van der Waals surface area contributed by atoms with Crippen LogP contribution in [-0.2, 0) is 11.8 Å². The van der Waals surface area contributed by atoms with Gasteiger partial charge in [0.15, 0.2) is 0 Å². The van der Waals surface area contributed by atoms with Gasteiger partial charge >= 0.3 is 0 Å². The van der Waals surface area contributed by atoms with Crippen LogP contribution in [0.5, 0.6) is 0 Å². The number of aromatic nitrogens is 2. The molecule has 0 amide bonds. The lowest BCUT2D eigenvalue weighted by Gasteiger charge is -2.26. The lowest BCUT2D eigenvalue weighted by atomic mass is 10.0. The zero-order chi connectivity index (χ0) is 12.0. The molecule has 2 unspecified atom stereocenters. The number of hydrogen-bond donors (Lipinski definition) is 1. The Kier molecular flexibility index (Phi) is 5.49. The van der Waals surface area contributed by atoms with Gasteiger partial charge in [0.05, 0.1) is 17.8 Å². The summed E-state index contributed by atoms with van der Waals surface area (Å²) in [6.45, 7) is 5.22. The van der Waals surface area contributed by atoms with Gasteiger partial charge in [0.2, 0.25) is 0 Å². The van der Waals surface area contributed by atoms with Crippen LogP contribution in [0.2, 0.25) is 0 Å². The van der Waals surface area contributed by atoms with E-state index >= 15 is 0 Å². The molecule has 4 nitrogen and oxygen atoms in total. The Morgan fingerprint density at radius 3 is 2.69 bits per heavy atom. The van der Waals surface area contributed by atoms with Gasteiger partial charge in [-0.2, -0.15) is 5.10 Å². The van der Waals surface area contributed by atoms with Crippen LogP contribution < -0.4 is 5.32 Å². The summed E-state index contributed by atoms with van der Waals surface area (Å²) < 4.78 is 7.49. The molecule has 0 saturated heterocycles. The van der Waals surface area contributed by atoms with Crippen molar-refractivity contribution in [3.05, 3.63) is 18.0 Å². The molecule has 1 rings (SSSR count). The molecule has 0 bridgehead atoms. The number of ether oxygens (including phenoxy) is 1. The molecule has 0 aliphatic heterocycles. The monoisotopic (exact) mass is 225 g/mol. The molecule has 1 aromatic heterocycles. The molecule has 1 N–H and O–H groups in total. The molecule has 0 aliphatic rings. The highest BCUT2D eigenvalue weighted by atomic mass is 16.5. The smallest absolute Gasteiger partial charge is 0.0781 e. The quantitative estimate of drug-likeness (QED) is 0.770. The fraction of sp³-hybridized carbons (Fsp3) is 0.750. The van der Waals surface area contributed by atoms with Gasteiger partial charge in [0, 0.05) is 20.4 Å². The summed E-state index contributed by atoms with van der Waals surface area (Å²) in [6, 6.07) is 2.28. The molecule has 16 heavy (non-hydrogen) atoms. The second kappa shape index (κ2) is 6.66. The Labute approximate surface area is 98.0 Å². The van der Waals surface area contributed by atoms with Crippen LogP contribution in [0.1, 0.15) is 38.4 Å². The van der Waals surface area contributed by atoms with Crippen molar-refractivity contribution >= 4 is 0 Å². The summed E-state index contributed by atoms with van der Waals surface area (Å²) in [7, 11) is 3.75. The second-order valence-corrected chi connectivity index (χ2v) is 3.98. The number of rotatable bonds is 7. The number of hydrogen-bond acceptors (Lipinski definition) is 3. The Hall–Kier alpha value is -0.870. The summed E-state index contributed by atoms with van der Waals surface area (Å²) in [6.07, 6.45) is 4.22. The maximum atomic E-state index is 5.58. The van der Waals surface area contributed by atoms with E-state index in [1.165, 1.54) is 5.69 Å². The molecule has 0 spiro atoms.